The SMILES string of the molecule is CC1CSc2ncc(C(=O)O)c(=O)n21. The predicted octanol–water partition coefficient (Wildman–Crippen LogP) is 0.608. The lowest BCUT2D eigenvalue weighted by Crippen LogP contribution is -2.28. The van der Waals surface area contributed by atoms with Gasteiger partial charge in [-0.15, -0.1) is 0 Å². The summed E-state index contributed by atoms with van der Waals surface area (Å²) in [6.07, 6.45) is 1.13. The fraction of sp³-hybridized carbons (Fsp3) is 0.375. The summed E-state index contributed by atoms with van der Waals surface area (Å²) in [6, 6.07) is 0.0225. The van der Waals surface area contributed by atoms with Gasteiger partial charge in [0.05, 0.1) is 0 Å². The number of aromatic nitrogens is 2. The first-order valence-electron chi connectivity index (χ1n) is 4.09. The first-order valence-corrected chi connectivity index (χ1v) is 5.07. The van der Waals surface area contributed by atoms with E-state index < -0.39 is 11.5 Å². The largest absolute Gasteiger partial charge is 0.477 e. The molecule has 2 heterocycles. The molecular formula is C8H8N2O3S. The number of hydrogen-bond acceptors (Lipinski definition) is 4. The zero-order valence-electron chi connectivity index (χ0n) is 7.43. The van der Waals surface area contributed by atoms with Gasteiger partial charge >= 0.3 is 5.97 Å². The van der Waals surface area contributed by atoms with Crippen LogP contribution in [-0.2, 0) is 0 Å². The van der Waals surface area contributed by atoms with E-state index in [4.69, 9.17) is 5.11 Å². The fourth-order valence-electron chi connectivity index (χ4n) is 1.37. The van der Waals surface area contributed by atoms with Crippen LogP contribution in [0.1, 0.15) is 23.3 Å². The average molecular weight is 212 g/mol. The summed E-state index contributed by atoms with van der Waals surface area (Å²) in [6.45, 7) is 1.87. The molecule has 0 aliphatic carbocycles. The molecule has 0 bridgehead atoms. The molecule has 2 rings (SSSR count). The third-order valence-corrected chi connectivity index (χ3v) is 3.29. The minimum absolute atomic E-state index is 0.0225. The molecule has 0 radical (unpaired) electrons. The smallest absolute Gasteiger partial charge is 0.342 e. The molecule has 6 heteroatoms. The van der Waals surface area contributed by atoms with Crippen molar-refractivity contribution in [1.29, 1.82) is 0 Å². The van der Waals surface area contributed by atoms with Gasteiger partial charge in [-0.2, -0.15) is 0 Å². The van der Waals surface area contributed by atoms with Gasteiger partial charge in [-0.05, 0) is 6.92 Å². The molecule has 14 heavy (non-hydrogen) atoms. The van der Waals surface area contributed by atoms with Crippen molar-refractivity contribution in [2.24, 2.45) is 0 Å². The van der Waals surface area contributed by atoms with E-state index in [1.54, 1.807) is 0 Å². The number of carbonyl (C=O) groups is 1. The Kier molecular flexibility index (Phi) is 2.07. The zero-order valence-corrected chi connectivity index (χ0v) is 8.24. The minimum Gasteiger partial charge on any atom is -0.477 e. The number of carboxylic acid groups (broad SMARTS) is 1. The number of rotatable bonds is 1. The maximum absolute atomic E-state index is 11.6. The standard InChI is InChI=1S/C8H8N2O3S/c1-4-3-14-8-9-2-5(7(12)13)6(11)10(4)8/h2,4H,3H2,1H3,(H,12,13). The lowest BCUT2D eigenvalue weighted by atomic mass is 10.3. The molecule has 0 saturated carbocycles. The Morgan fingerprint density at radius 1 is 1.79 bits per heavy atom. The number of thioether (sulfide) groups is 1. The van der Waals surface area contributed by atoms with E-state index in [0.29, 0.717) is 5.16 Å². The van der Waals surface area contributed by atoms with Crippen LogP contribution in [0, 0.1) is 0 Å². The Balaban J connectivity index is 2.68. The van der Waals surface area contributed by atoms with Gasteiger partial charge < -0.3 is 5.11 Å². The Bertz CT molecular complexity index is 454. The van der Waals surface area contributed by atoms with Gasteiger partial charge in [-0.3, -0.25) is 9.36 Å². The summed E-state index contributed by atoms with van der Waals surface area (Å²) < 4.78 is 1.44. The summed E-state index contributed by atoms with van der Waals surface area (Å²) in [5.41, 5.74) is -0.719. The van der Waals surface area contributed by atoms with Crippen LogP contribution in [0.15, 0.2) is 16.1 Å². The second-order valence-corrected chi connectivity index (χ2v) is 4.08. The number of nitrogens with zero attached hydrogens (tertiary/aromatic N) is 2. The molecule has 1 atom stereocenters. The molecule has 1 aliphatic rings. The van der Waals surface area contributed by atoms with E-state index in [0.717, 1.165) is 11.9 Å². The topological polar surface area (TPSA) is 72.2 Å². The van der Waals surface area contributed by atoms with Gasteiger partial charge in [0.2, 0.25) is 0 Å². The van der Waals surface area contributed by atoms with Crippen LogP contribution in [0.2, 0.25) is 0 Å². The maximum atomic E-state index is 11.6. The van der Waals surface area contributed by atoms with Crippen LogP contribution in [-0.4, -0.2) is 26.4 Å². The summed E-state index contributed by atoms with van der Waals surface area (Å²) >= 11 is 1.47. The van der Waals surface area contributed by atoms with E-state index in [1.165, 1.54) is 16.3 Å². The Hall–Kier alpha value is -1.30. The van der Waals surface area contributed by atoms with Crippen LogP contribution in [0.25, 0.3) is 0 Å². The Labute approximate surface area is 83.8 Å². The highest BCUT2D eigenvalue weighted by Gasteiger charge is 2.24. The predicted molar refractivity (Wildman–Crippen MR) is 50.9 cm³/mol. The van der Waals surface area contributed by atoms with Crippen molar-refractivity contribution in [2.75, 3.05) is 5.75 Å². The minimum atomic E-state index is -1.22. The van der Waals surface area contributed by atoms with Crippen molar-refractivity contribution >= 4 is 17.7 Å². The third-order valence-electron chi connectivity index (χ3n) is 2.08. The third kappa shape index (κ3) is 1.22. The molecule has 0 aromatic carbocycles. The van der Waals surface area contributed by atoms with Gasteiger partial charge in [0.15, 0.2) is 5.16 Å². The summed E-state index contributed by atoms with van der Waals surface area (Å²) in [5.74, 6) is -0.451. The number of hydrogen-bond donors (Lipinski definition) is 1. The van der Waals surface area contributed by atoms with Gasteiger partial charge in [0, 0.05) is 18.0 Å². The molecule has 1 aliphatic heterocycles. The second kappa shape index (κ2) is 3.13. The molecule has 0 amide bonds. The summed E-state index contributed by atoms with van der Waals surface area (Å²) in [4.78, 5) is 26.2. The van der Waals surface area contributed by atoms with Gasteiger partial charge in [-0.25, -0.2) is 9.78 Å². The van der Waals surface area contributed by atoms with Crippen molar-refractivity contribution in [3.63, 3.8) is 0 Å². The molecule has 1 unspecified atom stereocenters. The molecule has 0 fully saturated rings. The Morgan fingerprint density at radius 2 is 2.50 bits per heavy atom. The van der Waals surface area contributed by atoms with E-state index in [-0.39, 0.29) is 11.6 Å². The first kappa shape index (κ1) is 9.26. The van der Waals surface area contributed by atoms with E-state index >= 15 is 0 Å². The van der Waals surface area contributed by atoms with Crippen molar-refractivity contribution in [3.8, 4) is 0 Å². The summed E-state index contributed by atoms with van der Waals surface area (Å²) in [7, 11) is 0. The van der Waals surface area contributed by atoms with Crippen LogP contribution >= 0.6 is 11.8 Å². The Morgan fingerprint density at radius 3 is 3.14 bits per heavy atom. The number of carboxylic acids is 1. The number of fused-ring (bicyclic) bond motifs is 1. The van der Waals surface area contributed by atoms with Crippen molar-refractivity contribution < 1.29 is 9.90 Å². The molecular weight excluding hydrogens is 204 g/mol. The molecule has 0 saturated heterocycles. The average Bonchev–Trinajstić information content (AvgIpc) is 2.48. The highest BCUT2D eigenvalue weighted by atomic mass is 32.2. The second-order valence-electron chi connectivity index (χ2n) is 3.09. The van der Waals surface area contributed by atoms with E-state index in [9.17, 15) is 9.59 Å². The lowest BCUT2D eigenvalue weighted by molar-refractivity contribution is 0.0693. The fourth-order valence-corrected chi connectivity index (χ4v) is 2.43. The molecule has 1 aromatic heterocycles. The molecule has 74 valence electrons. The first-order chi connectivity index (χ1) is 6.61. The van der Waals surface area contributed by atoms with E-state index in [1.807, 2.05) is 6.92 Å². The zero-order chi connectivity index (χ0) is 10.3. The van der Waals surface area contributed by atoms with Crippen molar-refractivity contribution in [3.05, 3.63) is 22.1 Å². The van der Waals surface area contributed by atoms with Gasteiger partial charge in [-0.1, -0.05) is 11.8 Å². The molecule has 5 nitrogen and oxygen atoms in total. The highest BCUT2D eigenvalue weighted by Crippen LogP contribution is 2.28. The van der Waals surface area contributed by atoms with Crippen molar-refractivity contribution in [2.45, 2.75) is 18.1 Å². The van der Waals surface area contributed by atoms with Crippen LogP contribution in [0.5, 0.6) is 0 Å². The monoisotopic (exact) mass is 212 g/mol. The van der Waals surface area contributed by atoms with Crippen LogP contribution < -0.4 is 5.56 Å². The van der Waals surface area contributed by atoms with Crippen LogP contribution in [0.3, 0.4) is 0 Å². The molecule has 1 N–H and O–H groups in total. The van der Waals surface area contributed by atoms with Crippen LogP contribution in [0.4, 0.5) is 0 Å². The maximum Gasteiger partial charge on any atom is 0.342 e. The highest BCUT2D eigenvalue weighted by molar-refractivity contribution is 7.99. The quantitative estimate of drug-likeness (QED) is 0.690. The molecule has 0 spiro atoms. The summed E-state index contributed by atoms with van der Waals surface area (Å²) in [5, 5.41) is 9.33. The normalized spacial score (nSPS) is 19.4. The van der Waals surface area contributed by atoms with Crippen molar-refractivity contribution in [1.82, 2.24) is 9.55 Å². The molecule has 1 aromatic rings. The van der Waals surface area contributed by atoms with Gasteiger partial charge in [0.1, 0.15) is 5.56 Å². The van der Waals surface area contributed by atoms with Gasteiger partial charge in [0.25, 0.3) is 5.56 Å². The lowest BCUT2D eigenvalue weighted by Gasteiger charge is -2.06. The van der Waals surface area contributed by atoms with E-state index in [2.05, 4.69) is 4.98 Å². The number of aromatic carboxylic acids is 1.